The van der Waals surface area contributed by atoms with Gasteiger partial charge >= 0.3 is 0 Å². The summed E-state index contributed by atoms with van der Waals surface area (Å²) in [5.74, 6) is -15.1. The summed E-state index contributed by atoms with van der Waals surface area (Å²) in [6.07, 6.45) is -0.774. The molecule has 0 bridgehead atoms. The van der Waals surface area contributed by atoms with E-state index in [-0.39, 0.29) is 75.3 Å². The van der Waals surface area contributed by atoms with Crippen LogP contribution in [0.4, 0.5) is 0 Å². The number of H-pyrrole nitrogens is 1. The zero-order valence-electron chi connectivity index (χ0n) is 73.9. The van der Waals surface area contributed by atoms with Crippen molar-refractivity contribution in [3.63, 3.8) is 0 Å². The maximum atomic E-state index is 15.7. The molecular weight excluding hydrogens is 1690 g/mol. The van der Waals surface area contributed by atoms with Crippen LogP contribution in [-0.4, -0.2) is 284 Å². The number of carbonyl (C=O) groups is 16. The van der Waals surface area contributed by atoms with Crippen molar-refractivity contribution in [2.45, 2.75) is 177 Å². The average molecular weight is 1810 g/mol. The number of unbranched alkanes of at least 4 members (excludes halogenated alkanes) is 1. The molecule has 0 saturated carbocycles. The van der Waals surface area contributed by atoms with Crippen molar-refractivity contribution < 1.29 is 96.8 Å². The van der Waals surface area contributed by atoms with Gasteiger partial charge < -0.3 is 103 Å². The Kier molecular flexibility index (Phi) is 37.3. The van der Waals surface area contributed by atoms with Gasteiger partial charge in [-0.1, -0.05) is 167 Å². The van der Waals surface area contributed by atoms with E-state index < -0.39 is 211 Å². The second-order valence-corrected chi connectivity index (χ2v) is 34.1. The third-order valence-electron chi connectivity index (χ3n) is 22.6. The summed E-state index contributed by atoms with van der Waals surface area (Å²) in [6, 6.07) is 25.5. The number of likely N-dealkylation sites (N-methyl/N-ethyl adjacent to an activating group) is 4. The first kappa shape index (κ1) is 100. The number of aromatic amines is 1. The van der Waals surface area contributed by atoms with Crippen molar-refractivity contribution in [2.24, 2.45) is 11.7 Å². The number of aromatic nitrogens is 1. The number of fused-ring (bicyclic) bond motifs is 2. The number of aliphatic hydroxyl groups is 1. The van der Waals surface area contributed by atoms with Gasteiger partial charge in [0.15, 0.2) is 0 Å². The molecule has 0 radical (unpaired) electrons. The lowest BCUT2D eigenvalue weighted by atomic mass is 9.99. The van der Waals surface area contributed by atoms with Gasteiger partial charge in [-0.2, -0.15) is 0 Å². The molecule has 694 valence electrons. The smallest absolute Gasteiger partial charge is 0.293 e. The molecule has 6 aromatic carbocycles. The molecule has 2 aliphatic heterocycles. The van der Waals surface area contributed by atoms with Crippen molar-refractivity contribution >= 4 is 118 Å². The molecule has 13 atom stereocenters. The number of aliphatic hydroxyl groups excluding tert-OH is 1. The molecule has 0 aliphatic carbocycles. The molecule has 2 aliphatic rings. The zero-order chi connectivity index (χ0) is 94.4. The van der Waals surface area contributed by atoms with E-state index in [1.54, 1.807) is 135 Å². The minimum atomic E-state index is -1.74. The number of nitrogens with one attached hydrogen (secondary N) is 10. The normalized spacial score (nSPS) is 23.3. The van der Waals surface area contributed by atoms with E-state index in [0.717, 1.165) is 26.5 Å². The number of benzene rings is 6. The minimum absolute atomic E-state index is 0.0110. The number of phenolic OH excluding ortho intramolecular Hbond substituents is 2. The second kappa shape index (κ2) is 48.5. The minimum Gasteiger partial charge on any atom is -0.508 e. The van der Waals surface area contributed by atoms with Gasteiger partial charge in [0.2, 0.25) is 88.6 Å². The number of ether oxygens (including phenoxy) is 1. The molecule has 130 heavy (non-hydrogen) atoms. The number of para-hydroxylation sites is 1. The average Bonchev–Trinajstić information content (AvgIpc) is 1.62. The van der Waals surface area contributed by atoms with Gasteiger partial charge in [0.1, 0.15) is 90.6 Å². The summed E-state index contributed by atoms with van der Waals surface area (Å²) in [4.78, 5) is 243. The SMILES string of the molecule is CCCC[C@H]1C(=O)N(C)CC(=O)N[C@@H](COC=O)C(=O)N[C@@H](C)C(=O)N(C)[C@@H](Cc2ccccc2)C(=O)N[C@@H](Cc2ccc(O)cc2)C(=O)N2C[C@@H](O)C[C@@H]2C(=O)N[C@@H](Cc2c[nH]c3ccccc23)C(=O)N[C@@H](Cc2ccc(O)cc2)C(=O)N[C@@H](CC(C)C)C(=O)N[C@H](C(=O)NCC(N)=O)CSCC(=O)N[C@@H](Cc2ccccc2)C(=O)N(C)[C@@H](Cc2ccccc2)C(=O)N1C. The van der Waals surface area contributed by atoms with Gasteiger partial charge in [0, 0.05) is 103 Å². The van der Waals surface area contributed by atoms with Gasteiger partial charge in [-0.3, -0.25) is 76.7 Å². The first-order valence-corrected chi connectivity index (χ1v) is 44.1. The van der Waals surface area contributed by atoms with Gasteiger partial charge in [0.05, 0.1) is 24.9 Å². The van der Waals surface area contributed by atoms with E-state index in [2.05, 4.69) is 52.8 Å². The number of phenols is 2. The molecule has 36 nitrogen and oxygen atoms in total. The van der Waals surface area contributed by atoms with E-state index in [0.29, 0.717) is 57.1 Å². The van der Waals surface area contributed by atoms with E-state index in [1.807, 2.05) is 6.92 Å². The molecule has 0 spiro atoms. The Morgan fingerprint density at radius 1 is 0.523 bits per heavy atom. The molecule has 1 aromatic heterocycles. The van der Waals surface area contributed by atoms with E-state index in [4.69, 9.17) is 10.5 Å². The van der Waals surface area contributed by atoms with Crippen molar-refractivity contribution in [2.75, 3.05) is 65.9 Å². The highest BCUT2D eigenvalue weighted by atomic mass is 32.2. The monoisotopic (exact) mass is 1810 g/mol. The highest BCUT2D eigenvalue weighted by Gasteiger charge is 2.46. The maximum Gasteiger partial charge on any atom is 0.293 e. The highest BCUT2D eigenvalue weighted by Crippen LogP contribution is 2.27. The molecule has 0 unspecified atom stereocenters. The molecular formula is C93H116N16O20S. The van der Waals surface area contributed by atoms with Crippen LogP contribution in [0.2, 0.25) is 0 Å². The third kappa shape index (κ3) is 28.9. The number of hydrogen-bond donors (Lipinski definition) is 14. The van der Waals surface area contributed by atoms with Crippen LogP contribution in [0.25, 0.3) is 10.9 Å². The fourth-order valence-corrected chi connectivity index (χ4v) is 16.4. The summed E-state index contributed by atoms with van der Waals surface area (Å²) in [6.45, 7) is 3.87. The second-order valence-electron chi connectivity index (χ2n) is 33.0. The Morgan fingerprint density at radius 2 is 1.01 bits per heavy atom. The van der Waals surface area contributed by atoms with Crippen molar-refractivity contribution in [3.8, 4) is 11.5 Å². The van der Waals surface area contributed by atoms with Crippen LogP contribution in [0.15, 0.2) is 170 Å². The first-order valence-electron chi connectivity index (χ1n) is 43.0. The molecule has 15 N–H and O–H groups in total. The molecule has 9 rings (SSSR count). The summed E-state index contributed by atoms with van der Waals surface area (Å²) in [7, 11) is 5.30. The number of amides is 15. The number of thioether (sulfide) groups is 1. The Bertz CT molecular complexity index is 5110. The van der Waals surface area contributed by atoms with Crippen molar-refractivity contribution in [3.05, 3.63) is 203 Å². The van der Waals surface area contributed by atoms with Gasteiger partial charge in [-0.15, -0.1) is 11.8 Å². The fraction of sp³-hybridized carbons (Fsp3) is 0.419. The molecule has 2 saturated heterocycles. The number of rotatable bonds is 23. The molecule has 3 heterocycles. The van der Waals surface area contributed by atoms with Crippen LogP contribution in [-0.2, 0) is 120 Å². The highest BCUT2D eigenvalue weighted by molar-refractivity contribution is 8.00. The van der Waals surface area contributed by atoms with Crippen LogP contribution in [0.3, 0.4) is 0 Å². The Morgan fingerprint density at radius 3 is 1.58 bits per heavy atom. The number of carbonyl (C=O) groups excluding carboxylic acids is 16. The predicted octanol–water partition coefficient (Wildman–Crippen LogP) is 0.892. The van der Waals surface area contributed by atoms with Gasteiger partial charge in [-0.05, 0) is 89.4 Å². The number of hydrogen-bond acceptors (Lipinski definition) is 21. The Balaban J connectivity index is 1.12. The fourth-order valence-electron chi connectivity index (χ4n) is 15.6. The topological polar surface area (TPSA) is 509 Å². The van der Waals surface area contributed by atoms with Crippen LogP contribution in [0.5, 0.6) is 11.5 Å². The quantitative estimate of drug-likeness (QED) is 0.0396. The summed E-state index contributed by atoms with van der Waals surface area (Å²) < 4.78 is 5.00. The zero-order valence-corrected chi connectivity index (χ0v) is 74.7. The van der Waals surface area contributed by atoms with Crippen molar-refractivity contribution in [1.29, 1.82) is 0 Å². The lowest BCUT2D eigenvalue weighted by molar-refractivity contribution is -0.151. The maximum absolute atomic E-state index is 15.7. The van der Waals surface area contributed by atoms with Crippen molar-refractivity contribution in [1.82, 2.24) is 77.3 Å². The lowest BCUT2D eigenvalue weighted by Crippen LogP contribution is -2.61. The van der Waals surface area contributed by atoms with Gasteiger partial charge in [-0.25, -0.2) is 0 Å². The Labute approximate surface area is 757 Å². The molecule has 37 heteroatoms. The molecule has 15 amide bonds. The van der Waals surface area contributed by atoms with Crippen LogP contribution in [0.1, 0.15) is 93.2 Å². The lowest BCUT2D eigenvalue weighted by Gasteiger charge is -2.37. The van der Waals surface area contributed by atoms with Crippen LogP contribution < -0.4 is 53.6 Å². The number of aromatic hydroxyl groups is 2. The van der Waals surface area contributed by atoms with E-state index in [9.17, 15) is 53.7 Å². The predicted molar refractivity (Wildman–Crippen MR) is 481 cm³/mol. The van der Waals surface area contributed by atoms with E-state index >= 15 is 38.4 Å². The van der Waals surface area contributed by atoms with Crippen LogP contribution >= 0.6 is 11.8 Å². The largest absolute Gasteiger partial charge is 0.508 e. The molecule has 7 aromatic rings. The third-order valence-corrected chi connectivity index (χ3v) is 23.6. The van der Waals surface area contributed by atoms with E-state index in [1.165, 1.54) is 93.4 Å². The molecule has 2 fully saturated rings. The standard InChI is InChI=1S/C93H116N16O20S/c1-9-10-30-75-92(127)105(5)50-80(115)99-73(51-129-54-110)86(121)97-56(4)89(124)107(7)76(43-58-24-16-12-17-25-58)87(122)103-72(42-61-33-37-64(112)38-34-61)91(126)109-49-65(113)46-77(109)88(123)102-70(45-62-47-95-67-29-21-20-28-66(62)67)85(120)101-69(40-60-31-35-63(111)36-32-60)84(119)100-68(39-55(2)3)83(118)104-74(82(117)96-48-79(94)114)52-130-53-81(116)98-71(41-57-22-14-11-15-23-57)90(125)108(8)78(93(128)106(75)6)44-59-26-18-13-19-27-59/h11-29,31-38,47,54-56,65,68-78,95,111-113H,9-10,30,39-46,48-53H2,1-8H3,(H2,94,114)(H,96,117)(H,97,121)(H,98,116)(H,99,115)(H,100,119)(H,101,120)(H,102,123)(H,103,122)(H,104,118)/t56-,65-,68-,69-,70-,71-,72-,73-,74-,75-,76-,77+,78-/m0/s1. The summed E-state index contributed by atoms with van der Waals surface area (Å²) >= 11 is 0.827. The first-order chi connectivity index (χ1) is 62.1. The number of primary amides is 1. The summed E-state index contributed by atoms with van der Waals surface area (Å²) in [5, 5.41) is 57.1. The summed E-state index contributed by atoms with van der Waals surface area (Å²) in [5.41, 5.74) is 9.03. The Hall–Kier alpha value is -13.7. The van der Waals surface area contributed by atoms with Gasteiger partial charge in [0.25, 0.3) is 6.47 Å². The number of nitrogens with zero attached hydrogens (tertiary/aromatic N) is 5. The van der Waals surface area contributed by atoms with Crippen LogP contribution in [0, 0.1) is 5.92 Å². The number of nitrogens with two attached hydrogens (primary N) is 1.